The number of hydrogen-bond acceptors (Lipinski definition) is 3. The average Bonchev–Trinajstić information content (AvgIpc) is 2.58. The lowest BCUT2D eigenvalue weighted by molar-refractivity contribution is -0.139. The minimum Gasteiger partial charge on any atom is -0.481 e. The van der Waals surface area contributed by atoms with E-state index in [0.29, 0.717) is 25.8 Å². The van der Waals surface area contributed by atoms with E-state index in [2.05, 4.69) is 16.0 Å². The van der Waals surface area contributed by atoms with Crippen LogP contribution in [-0.2, 0) is 9.59 Å². The predicted molar refractivity (Wildman–Crippen MR) is 96.3 cm³/mol. The van der Waals surface area contributed by atoms with E-state index in [0.717, 1.165) is 25.7 Å². The first kappa shape index (κ1) is 21.3. The maximum atomic E-state index is 12.1. The van der Waals surface area contributed by atoms with Gasteiger partial charge in [-0.15, -0.1) is 0 Å². The largest absolute Gasteiger partial charge is 0.481 e. The summed E-state index contributed by atoms with van der Waals surface area (Å²) in [6.45, 7) is 4.18. The molecule has 0 heterocycles. The Hall–Kier alpha value is -1.79. The highest BCUT2D eigenvalue weighted by Gasteiger charge is 2.30. The molecule has 0 unspecified atom stereocenters. The van der Waals surface area contributed by atoms with Gasteiger partial charge in [0, 0.05) is 24.5 Å². The topological polar surface area (TPSA) is 108 Å². The van der Waals surface area contributed by atoms with Crippen molar-refractivity contribution in [3.8, 4) is 0 Å². The van der Waals surface area contributed by atoms with E-state index in [-0.39, 0.29) is 30.8 Å². The summed E-state index contributed by atoms with van der Waals surface area (Å²) < 4.78 is 0. The minimum absolute atomic E-state index is 0.0756. The van der Waals surface area contributed by atoms with Gasteiger partial charge in [0.25, 0.3) is 0 Å². The monoisotopic (exact) mass is 355 g/mol. The summed E-state index contributed by atoms with van der Waals surface area (Å²) in [5.41, 5.74) is -0.686. The summed E-state index contributed by atoms with van der Waals surface area (Å²) in [5, 5.41) is 17.6. The second kappa shape index (κ2) is 10.9. The number of aliphatic carboxylic acids is 1. The molecule has 1 fully saturated rings. The molecule has 1 aliphatic rings. The van der Waals surface area contributed by atoms with Crippen LogP contribution in [0.2, 0.25) is 0 Å². The third kappa shape index (κ3) is 8.23. The molecule has 25 heavy (non-hydrogen) atoms. The Morgan fingerprint density at radius 2 is 1.72 bits per heavy atom. The zero-order chi connectivity index (χ0) is 18.7. The van der Waals surface area contributed by atoms with Crippen LogP contribution < -0.4 is 16.0 Å². The van der Waals surface area contributed by atoms with Crippen LogP contribution in [0.15, 0.2) is 0 Å². The van der Waals surface area contributed by atoms with E-state index in [1.807, 2.05) is 13.8 Å². The zero-order valence-corrected chi connectivity index (χ0v) is 15.5. The summed E-state index contributed by atoms with van der Waals surface area (Å²) in [4.78, 5) is 34.9. The number of rotatable bonds is 10. The maximum Gasteiger partial charge on any atom is 0.315 e. The van der Waals surface area contributed by atoms with Gasteiger partial charge in [0.1, 0.15) is 0 Å². The van der Waals surface area contributed by atoms with Crippen molar-refractivity contribution in [3.63, 3.8) is 0 Å². The summed E-state index contributed by atoms with van der Waals surface area (Å²) in [6.07, 6.45) is 7.52. The van der Waals surface area contributed by atoms with Crippen molar-refractivity contribution < 1.29 is 19.5 Å². The van der Waals surface area contributed by atoms with E-state index >= 15 is 0 Å². The Morgan fingerprint density at radius 1 is 1.08 bits per heavy atom. The molecule has 3 amide bonds. The highest BCUT2D eigenvalue weighted by molar-refractivity contribution is 5.78. The molecular formula is C18H33N3O4. The van der Waals surface area contributed by atoms with Gasteiger partial charge in [-0.2, -0.15) is 0 Å². The first-order valence-electron chi connectivity index (χ1n) is 9.48. The second-order valence-electron chi connectivity index (χ2n) is 6.94. The normalized spacial score (nSPS) is 15.4. The third-order valence-corrected chi connectivity index (χ3v) is 5.05. The number of hydrogen-bond donors (Lipinski definition) is 4. The van der Waals surface area contributed by atoms with Crippen LogP contribution in [0.25, 0.3) is 0 Å². The molecule has 0 radical (unpaired) electrons. The molecule has 0 aromatic rings. The van der Waals surface area contributed by atoms with Crippen LogP contribution in [-0.4, -0.2) is 41.1 Å². The van der Waals surface area contributed by atoms with Gasteiger partial charge >= 0.3 is 12.0 Å². The highest BCUT2D eigenvalue weighted by Crippen LogP contribution is 2.20. The first-order valence-corrected chi connectivity index (χ1v) is 9.48. The fourth-order valence-corrected chi connectivity index (χ4v) is 3.30. The zero-order valence-electron chi connectivity index (χ0n) is 15.5. The number of carboxylic acids is 1. The Balaban J connectivity index is 2.24. The lowest BCUT2D eigenvalue weighted by Gasteiger charge is -2.31. The fraction of sp³-hybridized carbons (Fsp3) is 0.833. The van der Waals surface area contributed by atoms with E-state index in [9.17, 15) is 14.4 Å². The SMILES string of the molecule is CCC(CC)(CC(=O)O)NC(=O)CCCNC(=O)NC1CCCCC1. The molecule has 0 aromatic heterocycles. The van der Waals surface area contributed by atoms with Gasteiger partial charge < -0.3 is 21.1 Å². The van der Waals surface area contributed by atoms with Crippen molar-refractivity contribution in [1.29, 1.82) is 0 Å². The summed E-state index contributed by atoms with van der Waals surface area (Å²) in [6, 6.07) is 0.0949. The lowest BCUT2D eigenvalue weighted by Crippen LogP contribution is -2.49. The maximum absolute atomic E-state index is 12.1. The molecule has 1 saturated carbocycles. The fourth-order valence-electron chi connectivity index (χ4n) is 3.30. The molecule has 0 bridgehead atoms. The quantitative estimate of drug-likeness (QED) is 0.452. The predicted octanol–water partition coefficient (Wildman–Crippen LogP) is 2.55. The number of nitrogens with one attached hydrogen (secondary N) is 3. The van der Waals surface area contributed by atoms with Crippen LogP contribution >= 0.6 is 0 Å². The molecule has 1 rings (SSSR count). The average molecular weight is 355 g/mol. The van der Waals surface area contributed by atoms with Gasteiger partial charge in [0.05, 0.1) is 6.42 Å². The van der Waals surface area contributed by atoms with E-state index in [1.54, 1.807) is 0 Å². The lowest BCUT2D eigenvalue weighted by atomic mass is 9.88. The molecule has 0 saturated heterocycles. The number of urea groups is 1. The number of amides is 3. The van der Waals surface area contributed by atoms with Crippen LogP contribution in [0, 0.1) is 0 Å². The number of carbonyl (C=O) groups excluding carboxylic acids is 2. The van der Waals surface area contributed by atoms with Crippen LogP contribution in [0.4, 0.5) is 4.79 Å². The van der Waals surface area contributed by atoms with Crippen LogP contribution in [0.1, 0.15) is 78.1 Å². The molecule has 4 N–H and O–H groups in total. The van der Waals surface area contributed by atoms with Crippen molar-refractivity contribution in [1.82, 2.24) is 16.0 Å². The van der Waals surface area contributed by atoms with Gasteiger partial charge in [-0.3, -0.25) is 9.59 Å². The summed E-state index contributed by atoms with van der Waals surface area (Å²) in [5.74, 6) is -1.08. The highest BCUT2D eigenvalue weighted by atomic mass is 16.4. The van der Waals surface area contributed by atoms with E-state index < -0.39 is 11.5 Å². The Labute approximate surface area is 150 Å². The molecule has 144 valence electrons. The van der Waals surface area contributed by atoms with Gasteiger partial charge in [-0.25, -0.2) is 4.79 Å². The Bertz CT molecular complexity index is 444. The van der Waals surface area contributed by atoms with E-state index in [1.165, 1.54) is 6.42 Å². The van der Waals surface area contributed by atoms with Gasteiger partial charge in [0.2, 0.25) is 5.91 Å². The molecule has 0 aromatic carbocycles. The van der Waals surface area contributed by atoms with Crippen molar-refractivity contribution in [2.45, 2.75) is 89.6 Å². The molecule has 7 nitrogen and oxygen atoms in total. The van der Waals surface area contributed by atoms with Crippen molar-refractivity contribution >= 4 is 17.9 Å². The Morgan fingerprint density at radius 3 is 2.28 bits per heavy atom. The molecular weight excluding hydrogens is 322 g/mol. The minimum atomic E-state index is -0.912. The summed E-state index contributed by atoms with van der Waals surface area (Å²) in [7, 11) is 0. The van der Waals surface area contributed by atoms with Gasteiger partial charge in [-0.05, 0) is 32.1 Å². The van der Waals surface area contributed by atoms with Crippen LogP contribution in [0.5, 0.6) is 0 Å². The molecule has 0 spiro atoms. The van der Waals surface area contributed by atoms with Crippen molar-refractivity contribution in [2.24, 2.45) is 0 Å². The first-order chi connectivity index (χ1) is 11.9. The van der Waals surface area contributed by atoms with Gasteiger partial charge in [0.15, 0.2) is 0 Å². The summed E-state index contributed by atoms with van der Waals surface area (Å²) >= 11 is 0. The third-order valence-electron chi connectivity index (χ3n) is 5.05. The van der Waals surface area contributed by atoms with E-state index in [4.69, 9.17) is 5.11 Å². The van der Waals surface area contributed by atoms with Gasteiger partial charge in [-0.1, -0.05) is 33.1 Å². The second-order valence-corrected chi connectivity index (χ2v) is 6.94. The van der Waals surface area contributed by atoms with Crippen LogP contribution in [0.3, 0.4) is 0 Å². The molecule has 0 aliphatic heterocycles. The smallest absolute Gasteiger partial charge is 0.315 e. The van der Waals surface area contributed by atoms with Crippen molar-refractivity contribution in [2.75, 3.05) is 6.54 Å². The number of carbonyl (C=O) groups is 3. The molecule has 0 atom stereocenters. The molecule has 7 heteroatoms. The number of carboxylic acid groups (broad SMARTS) is 1. The Kier molecular flexibility index (Phi) is 9.31. The standard InChI is InChI=1S/C18H33N3O4/c1-3-18(4-2,13-16(23)24)21-15(22)11-8-12-19-17(25)20-14-9-6-5-7-10-14/h14H,3-13H2,1-2H3,(H,21,22)(H,23,24)(H2,19,20,25). The molecule has 1 aliphatic carbocycles. The van der Waals surface area contributed by atoms with Crippen molar-refractivity contribution in [3.05, 3.63) is 0 Å².